The van der Waals surface area contributed by atoms with E-state index in [0.29, 0.717) is 0 Å². The summed E-state index contributed by atoms with van der Waals surface area (Å²) in [7, 11) is 0. The van der Waals surface area contributed by atoms with Crippen molar-refractivity contribution in [3.05, 3.63) is 73.1 Å². The van der Waals surface area contributed by atoms with Crippen molar-refractivity contribution in [3.8, 4) is 0 Å². The summed E-state index contributed by atoms with van der Waals surface area (Å²) in [6.07, 6.45) is -76.4. The third-order valence-corrected chi connectivity index (χ3v) is 20.2. The highest BCUT2D eigenvalue weighted by molar-refractivity contribution is 5.72. The first kappa shape index (κ1) is 106. The van der Waals surface area contributed by atoms with Crippen LogP contribution in [0.3, 0.4) is 0 Å². The number of hydrogen-bond donors (Lipinski definition) is 0. The Labute approximate surface area is 749 Å². The van der Waals surface area contributed by atoms with Crippen LogP contribution in [0.2, 0.25) is 0 Å². The van der Waals surface area contributed by atoms with Gasteiger partial charge < -0.3 is 128 Å². The van der Waals surface area contributed by atoms with E-state index < -0.39 is 350 Å². The predicted molar refractivity (Wildman–Crippen MR) is 414 cm³/mol. The highest BCUT2D eigenvalue weighted by Gasteiger charge is 2.65. The summed E-state index contributed by atoms with van der Waals surface area (Å²) in [5.74, 6) is -19.4. The van der Waals surface area contributed by atoms with Crippen LogP contribution in [0.5, 0.6) is 0 Å². The second-order valence-electron chi connectivity index (χ2n) is 29.9. The molecule has 20 saturated heterocycles. The van der Waals surface area contributed by atoms with Gasteiger partial charge in [0.2, 0.25) is 0 Å². The molecule has 0 spiro atoms. The molecule has 21 aliphatic rings. The normalized spacial score (nSPS) is 35.6. The third kappa shape index (κ3) is 28.6. The van der Waals surface area contributed by atoms with Gasteiger partial charge in [0.25, 0.3) is 0 Å². The summed E-state index contributed by atoms with van der Waals surface area (Å²) in [6.45, 7) is 4.55. The molecule has 0 aromatic carbocycles. The maximum atomic E-state index is 13.8. The zero-order valence-corrected chi connectivity index (χ0v) is 73.0. The van der Waals surface area contributed by atoms with Gasteiger partial charge in [-0.3, -0.25) is 67.1 Å². The summed E-state index contributed by atoms with van der Waals surface area (Å²) in [5, 5.41) is 25.7. The zero-order chi connectivity index (χ0) is 97.9. The number of ether oxygens (including phenoxy) is 27. The van der Waals surface area contributed by atoms with Crippen LogP contribution in [0.1, 0.15) is 103 Å². The highest BCUT2D eigenvalue weighted by atomic mass is 16.8. The van der Waals surface area contributed by atoms with Crippen molar-refractivity contribution >= 4 is 83.6 Å². The van der Waals surface area contributed by atoms with Crippen LogP contribution in [0.15, 0.2) is 35.8 Å². The summed E-state index contributed by atoms with van der Waals surface area (Å²) >= 11 is 0. The van der Waals surface area contributed by atoms with Crippen molar-refractivity contribution in [2.45, 2.75) is 312 Å². The Hall–Kier alpha value is -12.8. The Kier molecular flexibility index (Phi) is 39.4. The van der Waals surface area contributed by atoms with Crippen LogP contribution >= 0.6 is 0 Å². The maximum absolute atomic E-state index is 13.8. The average Bonchev–Trinajstić information content (AvgIpc) is 0.857. The van der Waals surface area contributed by atoms with Gasteiger partial charge >= 0.3 is 83.6 Å². The molecule has 20 heterocycles. The van der Waals surface area contributed by atoms with Gasteiger partial charge in [-0.15, -0.1) is 0 Å². The van der Waals surface area contributed by atoms with Gasteiger partial charge in [-0.2, -0.15) is 0 Å². The lowest BCUT2D eigenvalue weighted by Gasteiger charge is -2.52. The number of carbonyl (C=O) groups is 14. The van der Waals surface area contributed by atoms with E-state index in [4.69, 9.17) is 128 Å². The maximum Gasteiger partial charge on any atom is 0.303 e. The molecule has 1 saturated carbocycles. The molecule has 20 aliphatic heterocycles. The molecule has 1 aliphatic carbocycles. The first-order valence-corrected chi connectivity index (χ1v) is 40.2. The topological polar surface area (TPSA) is 830 Å². The predicted octanol–water partition coefficient (Wildman–Crippen LogP) is 2.65. The lowest BCUT2D eigenvalue weighted by molar-refractivity contribution is -0.391. The van der Waals surface area contributed by atoms with E-state index in [1.165, 1.54) is 0 Å². The van der Waals surface area contributed by atoms with E-state index in [1.807, 2.05) is 0 Å². The van der Waals surface area contributed by atoms with Crippen LogP contribution < -0.4 is 0 Å². The molecule has 62 heteroatoms. The summed E-state index contributed by atoms with van der Waals surface area (Å²) < 4.78 is 169. The fraction of sp³-hybridized carbons (Fsp3) is 0.803. The number of esters is 14. The lowest BCUT2D eigenvalue weighted by atomic mass is 9.79. The number of azide groups is 7. The van der Waals surface area contributed by atoms with Gasteiger partial charge in [0, 0.05) is 138 Å². The molecule has 0 radical (unpaired) electrons. The minimum Gasteiger partial charge on any atom is -0.456 e. The smallest absolute Gasteiger partial charge is 0.303 e. The number of rotatable bonds is 28. The molecule has 35 atom stereocenters. The molecule has 728 valence electrons. The van der Waals surface area contributed by atoms with E-state index in [0.717, 1.165) is 96.9 Å². The van der Waals surface area contributed by atoms with Crippen LogP contribution in [-0.4, -0.2) is 338 Å². The van der Waals surface area contributed by atoms with Gasteiger partial charge in [0.05, 0.1) is 82.0 Å². The SMILES string of the molecule is CC(=O)OC1[C@@H]2OC(CN=[N+]=[N-])[C@@H](O[C@@H]3OC(CN=[N+]=[N-])[C@@H](O[C@@H]4OC(CN=[N+]=[N-])[C@@H](O[C@@H]5OC(CN=[N+]=[N-])[C@@H](O[C@H]6OC(CN=[N+]=[N-])[C@@H](O[C@H]7OC(CN=[N+]=[N-])[C@@H](O[C@H]8CC(CN=[N+]=[N-])[C@@H](O2)[C@H](OC(C)=O)C8OC(C)=O)[C@H](OC(C)=O)C7OC(C)=O)[C@H](OC(C)=O)C6OC(C)=O)[C@H](OC(C)=O)C5OC(C)=O)[C@H](OC(C)=O)C4OC(C)=O)[C@H](OC(C)=O)C3OC(C)=O)[C@@H]1OC(C)=O. The number of carbonyl (C=O) groups excluding carboxylic acids is 14. The quantitative estimate of drug-likeness (QED) is 0.0357. The standard InChI is InChI=1S/C71H93N21O41/c1-23(93)107-46-38-15-37(16-79-86-72)45(53(46)108-24(2)94)128-66-61(116-32(10)102)55(110-26(4)96)48(40(123-66)18-81-88-74)130-68-63(118-34(12)104)57(112-28(6)98)50(42(125-68)20-83-90-76)132-70-65(120-36(14)106)59(114-30(8)100)52(44(127-70)22-85-92-78)133-71-64(119-35(13)105)58(113-29(7)99)51(43(126-71)21-84-91-77)131-69-62(117-33(11)103)56(111-27(5)97)49(41(124-69)19-82-89-75)129-67-60(115-31(9)101)54(109-25(3)95)47(121-38)39(122-67)17-80-87-73/h37-71H,15-22H2,1-14H3/t37?,38-,39?,40?,41?,42?,43?,44?,45+,46?,47+,48+,49+,50+,51+,52+,53-,54-,55-,56-,57-,58-,59-,60?,61?,62?,63?,64?,65?,66+,67+,68-,69+,70-,71-/m0/s1. The molecule has 21 rings (SSSR count). The van der Waals surface area contributed by atoms with Crippen molar-refractivity contribution in [1.29, 1.82) is 0 Å². The molecule has 0 aromatic rings. The largest absolute Gasteiger partial charge is 0.456 e. The molecular weight excluding hydrogens is 1800 g/mol. The molecule has 21 fully saturated rings. The van der Waals surface area contributed by atoms with Gasteiger partial charge in [-0.05, 0) is 51.1 Å². The van der Waals surface area contributed by atoms with Crippen LogP contribution in [-0.2, 0) is 195 Å². The molecule has 0 N–H and O–H groups in total. The second-order valence-corrected chi connectivity index (χ2v) is 29.9. The van der Waals surface area contributed by atoms with Crippen LogP contribution in [0.4, 0.5) is 0 Å². The molecule has 0 aromatic heterocycles. The van der Waals surface area contributed by atoms with Crippen molar-refractivity contribution in [3.63, 3.8) is 0 Å². The van der Waals surface area contributed by atoms with Gasteiger partial charge in [-0.1, -0.05) is 35.8 Å². The fourth-order valence-corrected chi connectivity index (χ4v) is 16.0. The minimum absolute atomic E-state index is 0.727. The van der Waals surface area contributed by atoms with Crippen molar-refractivity contribution < 1.29 is 195 Å². The number of hydrogen-bond acceptors (Lipinski definition) is 48. The van der Waals surface area contributed by atoms with E-state index >= 15 is 0 Å². The van der Waals surface area contributed by atoms with Crippen molar-refractivity contribution in [1.82, 2.24) is 0 Å². The summed E-state index contributed by atoms with van der Waals surface area (Å²) in [5.41, 5.74) is 70.4. The monoisotopic (exact) mass is 1900 g/mol. The van der Waals surface area contributed by atoms with Crippen molar-refractivity contribution in [2.24, 2.45) is 41.7 Å². The Balaban J connectivity index is 1.49. The zero-order valence-electron chi connectivity index (χ0n) is 73.0. The fourth-order valence-electron chi connectivity index (χ4n) is 16.0. The molecule has 62 nitrogen and oxygen atoms in total. The van der Waals surface area contributed by atoms with Gasteiger partial charge in [0.15, 0.2) is 123 Å². The second kappa shape index (κ2) is 49.6. The van der Waals surface area contributed by atoms with Crippen LogP contribution in [0, 0.1) is 5.92 Å². The lowest BCUT2D eigenvalue weighted by Crippen LogP contribution is -2.70. The Morgan fingerprint density at radius 1 is 0.203 bits per heavy atom. The summed E-state index contributed by atoms with van der Waals surface area (Å²) in [4.78, 5) is 213. The first-order valence-electron chi connectivity index (χ1n) is 40.2. The van der Waals surface area contributed by atoms with E-state index in [-0.39, 0.29) is 0 Å². The third-order valence-electron chi connectivity index (χ3n) is 20.2. The molecular formula is C71H93N21O41. The first-order chi connectivity index (χ1) is 63.2. The highest BCUT2D eigenvalue weighted by Crippen LogP contribution is 2.46. The van der Waals surface area contributed by atoms with E-state index in [2.05, 4.69) is 70.2 Å². The Bertz CT molecular complexity index is 3830. The molecule has 0 amide bonds. The molecule has 133 heavy (non-hydrogen) atoms. The van der Waals surface area contributed by atoms with Crippen molar-refractivity contribution in [2.75, 3.05) is 45.8 Å². The molecule has 14 unspecified atom stereocenters. The Morgan fingerprint density at radius 3 is 0.519 bits per heavy atom. The average molecular weight is 1900 g/mol. The van der Waals surface area contributed by atoms with Crippen LogP contribution in [0.25, 0.3) is 73.1 Å². The number of nitrogens with zero attached hydrogens (tertiary/aromatic N) is 21. The van der Waals surface area contributed by atoms with E-state index in [9.17, 15) is 106 Å². The minimum atomic E-state index is -2.41. The molecule has 14 bridgehead atoms. The Morgan fingerprint density at radius 2 is 0.346 bits per heavy atom. The summed E-state index contributed by atoms with van der Waals surface area (Å²) in [6, 6.07) is 0. The van der Waals surface area contributed by atoms with E-state index in [1.54, 1.807) is 0 Å². The van der Waals surface area contributed by atoms with Gasteiger partial charge in [0.1, 0.15) is 42.7 Å². The van der Waals surface area contributed by atoms with Gasteiger partial charge in [-0.25, -0.2) is 0 Å².